The summed E-state index contributed by atoms with van der Waals surface area (Å²) < 4.78 is 2.10. The van der Waals surface area contributed by atoms with Gasteiger partial charge in [-0.3, -0.25) is 4.79 Å². The summed E-state index contributed by atoms with van der Waals surface area (Å²) in [5.41, 5.74) is 3.04. The van der Waals surface area contributed by atoms with Gasteiger partial charge < -0.3 is 9.88 Å². The van der Waals surface area contributed by atoms with Crippen molar-refractivity contribution >= 4 is 16.8 Å². The van der Waals surface area contributed by atoms with Crippen molar-refractivity contribution in [3.63, 3.8) is 0 Å². The highest BCUT2D eigenvalue weighted by Crippen LogP contribution is 2.22. The van der Waals surface area contributed by atoms with Crippen molar-refractivity contribution in [1.82, 2.24) is 9.88 Å². The zero-order valence-corrected chi connectivity index (χ0v) is 9.87. The number of aromatic nitrogens is 1. The standard InChI is InChI=1S/C13H16N2O/c1-4-15-8-11(13(16)14-3)10-7-9(2)5-6-12(10)15/h5-8H,4H2,1-3H3,(H,14,16). The highest BCUT2D eigenvalue weighted by atomic mass is 16.1. The first-order valence-electron chi connectivity index (χ1n) is 5.49. The molecule has 2 aromatic rings. The van der Waals surface area contributed by atoms with E-state index < -0.39 is 0 Å². The minimum absolute atomic E-state index is 0.0252. The van der Waals surface area contributed by atoms with Crippen LogP contribution in [0.1, 0.15) is 22.8 Å². The Hall–Kier alpha value is -1.77. The highest BCUT2D eigenvalue weighted by molar-refractivity contribution is 6.07. The van der Waals surface area contributed by atoms with E-state index in [-0.39, 0.29) is 5.91 Å². The van der Waals surface area contributed by atoms with Gasteiger partial charge in [-0.15, -0.1) is 0 Å². The molecule has 0 bridgehead atoms. The first-order chi connectivity index (χ1) is 7.67. The monoisotopic (exact) mass is 216 g/mol. The van der Waals surface area contributed by atoms with Gasteiger partial charge in [0.2, 0.25) is 0 Å². The number of hydrogen-bond donors (Lipinski definition) is 1. The maximum Gasteiger partial charge on any atom is 0.253 e. The molecule has 0 saturated carbocycles. The molecule has 0 fully saturated rings. The number of nitrogens with one attached hydrogen (secondary N) is 1. The van der Waals surface area contributed by atoms with E-state index in [4.69, 9.17) is 0 Å². The molecule has 3 nitrogen and oxygen atoms in total. The molecule has 2 rings (SSSR count). The number of nitrogens with zero attached hydrogens (tertiary/aromatic N) is 1. The van der Waals surface area contributed by atoms with Crippen LogP contribution in [0.2, 0.25) is 0 Å². The fourth-order valence-electron chi connectivity index (χ4n) is 1.99. The van der Waals surface area contributed by atoms with Crippen LogP contribution in [-0.2, 0) is 6.54 Å². The number of fused-ring (bicyclic) bond motifs is 1. The molecular weight excluding hydrogens is 200 g/mol. The molecule has 1 N–H and O–H groups in total. The van der Waals surface area contributed by atoms with E-state index in [1.54, 1.807) is 7.05 Å². The van der Waals surface area contributed by atoms with E-state index in [1.165, 1.54) is 5.56 Å². The molecule has 0 spiro atoms. The normalized spacial score (nSPS) is 10.7. The van der Waals surface area contributed by atoms with Gasteiger partial charge in [-0.1, -0.05) is 11.6 Å². The maximum atomic E-state index is 11.7. The summed E-state index contributed by atoms with van der Waals surface area (Å²) in [6.45, 7) is 4.99. The van der Waals surface area contributed by atoms with Crippen LogP contribution in [0.4, 0.5) is 0 Å². The van der Waals surface area contributed by atoms with Gasteiger partial charge in [0.1, 0.15) is 0 Å². The Balaban J connectivity index is 2.73. The van der Waals surface area contributed by atoms with Gasteiger partial charge in [0.05, 0.1) is 5.56 Å². The number of rotatable bonds is 2. The van der Waals surface area contributed by atoms with E-state index in [1.807, 2.05) is 13.1 Å². The van der Waals surface area contributed by atoms with Crippen molar-refractivity contribution in [1.29, 1.82) is 0 Å². The van der Waals surface area contributed by atoms with Gasteiger partial charge in [0, 0.05) is 30.7 Å². The van der Waals surface area contributed by atoms with Crippen LogP contribution < -0.4 is 5.32 Å². The van der Waals surface area contributed by atoms with Gasteiger partial charge in [-0.25, -0.2) is 0 Å². The third-order valence-electron chi connectivity index (χ3n) is 2.85. The third-order valence-corrected chi connectivity index (χ3v) is 2.85. The average Bonchev–Trinajstić information content (AvgIpc) is 2.66. The van der Waals surface area contributed by atoms with E-state index in [9.17, 15) is 4.79 Å². The van der Waals surface area contributed by atoms with Crippen molar-refractivity contribution in [2.24, 2.45) is 0 Å². The lowest BCUT2D eigenvalue weighted by atomic mass is 10.1. The molecule has 1 aromatic carbocycles. The van der Waals surface area contributed by atoms with E-state index in [0.717, 1.165) is 23.0 Å². The Morgan fingerprint density at radius 2 is 2.19 bits per heavy atom. The summed E-state index contributed by atoms with van der Waals surface area (Å²) in [5.74, 6) is -0.0252. The Morgan fingerprint density at radius 1 is 1.44 bits per heavy atom. The summed E-state index contributed by atoms with van der Waals surface area (Å²) >= 11 is 0. The lowest BCUT2D eigenvalue weighted by Crippen LogP contribution is -2.17. The van der Waals surface area contributed by atoms with Gasteiger partial charge in [-0.2, -0.15) is 0 Å². The minimum Gasteiger partial charge on any atom is -0.355 e. The quantitative estimate of drug-likeness (QED) is 0.821. The van der Waals surface area contributed by atoms with Crippen molar-refractivity contribution in [2.75, 3.05) is 7.05 Å². The Bertz CT molecular complexity index is 540. The fraction of sp³-hybridized carbons (Fsp3) is 0.308. The molecule has 0 aliphatic heterocycles. The molecule has 1 heterocycles. The lowest BCUT2D eigenvalue weighted by Gasteiger charge is -2.00. The van der Waals surface area contributed by atoms with Crippen LogP contribution in [0.25, 0.3) is 10.9 Å². The number of carbonyl (C=O) groups excluding carboxylic acids is 1. The second-order valence-corrected chi connectivity index (χ2v) is 3.93. The summed E-state index contributed by atoms with van der Waals surface area (Å²) in [6.07, 6.45) is 1.92. The first kappa shape index (κ1) is 10.7. The molecule has 1 aromatic heterocycles. The Kier molecular flexibility index (Phi) is 2.69. The molecule has 0 aliphatic carbocycles. The second-order valence-electron chi connectivity index (χ2n) is 3.93. The third kappa shape index (κ3) is 1.58. The summed E-state index contributed by atoms with van der Waals surface area (Å²) in [4.78, 5) is 11.7. The Morgan fingerprint density at radius 3 is 2.81 bits per heavy atom. The van der Waals surface area contributed by atoms with Crippen molar-refractivity contribution in [3.8, 4) is 0 Å². The van der Waals surface area contributed by atoms with Gasteiger partial charge in [0.25, 0.3) is 5.91 Å². The predicted octanol–water partition coefficient (Wildman–Crippen LogP) is 2.33. The Labute approximate surface area is 95.1 Å². The molecule has 84 valence electrons. The molecule has 3 heteroatoms. The van der Waals surface area contributed by atoms with Crippen LogP contribution in [-0.4, -0.2) is 17.5 Å². The molecule has 0 unspecified atom stereocenters. The van der Waals surface area contributed by atoms with Crippen LogP contribution in [0.3, 0.4) is 0 Å². The van der Waals surface area contributed by atoms with Crippen LogP contribution in [0.15, 0.2) is 24.4 Å². The number of amides is 1. The molecule has 0 aliphatic rings. The number of hydrogen-bond acceptors (Lipinski definition) is 1. The number of benzene rings is 1. The molecule has 0 radical (unpaired) electrons. The molecular formula is C13H16N2O. The SMILES string of the molecule is CCn1cc(C(=O)NC)c2cc(C)ccc21. The summed E-state index contributed by atoms with van der Waals surface area (Å²) in [6, 6.07) is 6.20. The van der Waals surface area contributed by atoms with Gasteiger partial charge in [0.15, 0.2) is 0 Å². The topological polar surface area (TPSA) is 34.0 Å². The molecule has 1 amide bonds. The van der Waals surface area contributed by atoms with E-state index in [2.05, 4.69) is 35.0 Å². The largest absolute Gasteiger partial charge is 0.355 e. The fourth-order valence-corrected chi connectivity index (χ4v) is 1.99. The second kappa shape index (κ2) is 4.00. The van der Waals surface area contributed by atoms with E-state index >= 15 is 0 Å². The number of carbonyl (C=O) groups is 1. The van der Waals surface area contributed by atoms with Gasteiger partial charge in [-0.05, 0) is 26.0 Å². The van der Waals surface area contributed by atoms with E-state index in [0.29, 0.717) is 0 Å². The molecule has 16 heavy (non-hydrogen) atoms. The smallest absolute Gasteiger partial charge is 0.253 e. The highest BCUT2D eigenvalue weighted by Gasteiger charge is 2.12. The molecule has 0 atom stereocenters. The number of aryl methyl sites for hydroxylation is 2. The van der Waals surface area contributed by atoms with Crippen molar-refractivity contribution in [2.45, 2.75) is 20.4 Å². The average molecular weight is 216 g/mol. The zero-order chi connectivity index (χ0) is 11.7. The van der Waals surface area contributed by atoms with Crippen LogP contribution >= 0.6 is 0 Å². The van der Waals surface area contributed by atoms with Crippen molar-refractivity contribution in [3.05, 3.63) is 35.5 Å². The zero-order valence-electron chi connectivity index (χ0n) is 9.87. The lowest BCUT2D eigenvalue weighted by molar-refractivity contribution is 0.0964. The van der Waals surface area contributed by atoms with Crippen molar-refractivity contribution < 1.29 is 4.79 Å². The summed E-state index contributed by atoms with van der Waals surface area (Å²) in [7, 11) is 1.66. The van der Waals surface area contributed by atoms with Crippen LogP contribution in [0.5, 0.6) is 0 Å². The first-order valence-corrected chi connectivity index (χ1v) is 5.49. The summed E-state index contributed by atoms with van der Waals surface area (Å²) in [5, 5.41) is 3.71. The predicted molar refractivity (Wildman–Crippen MR) is 65.7 cm³/mol. The van der Waals surface area contributed by atoms with Gasteiger partial charge >= 0.3 is 0 Å². The molecule has 0 saturated heterocycles. The van der Waals surface area contributed by atoms with Crippen LogP contribution in [0, 0.1) is 6.92 Å². The minimum atomic E-state index is -0.0252. The maximum absolute atomic E-state index is 11.7.